The van der Waals surface area contributed by atoms with Gasteiger partial charge in [-0.1, -0.05) is 24.3 Å². The summed E-state index contributed by atoms with van der Waals surface area (Å²) in [4.78, 5) is 30.6. The molecule has 37 heavy (non-hydrogen) atoms. The Balaban J connectivity index is 1.72. The highest BCUT2D eigenvalue weighted by Crippen LogP contribution is 2.32. The molecule has 8 nitrogen and oxygen atoms in total. The monoisotopic (exact) mass is 513 g/mol. The molecule has 192 valence electrons. The van der Waals surface area contributed by atoms with Gasteiger partial charge in [-0.25, -0.2) is 4.98 Å². The number of nitrogens with one attached hydrogen (secondary N) is 1. The van der Waals surface area contributed by atoms with Crippen LogP contribution in [0, 0.1) is 0 Å². The Morgan fingerprint density at radius 2 is 1.84 bits per heavy atom. The molecule has 0 radical (unpaired) electrons. The minimum Gasteiger partial charge on any atom is -0.491 e. The SMILES string of the molecule is Cn1c(-c2cccc(C(F)(F)F)c2)nc2c(C(=O)Nc3cccc(OC[C@H](O)CO)c3)cccc2c1=O. The van der Waals surface area contributed by atoms with Crippen molar-refractivity contribution in [3.05, 3.63) is 88.2 Å². The van der Waals surface area contributed by atoms with Crippen LogP contribution in [0.1, 0.15) is 15.9 Å². The first-order valence-corrected chi connectivity index (χ1v) is 11.1. The zero-order chi connectivity index (χ0) is 26.7. The van der Waals surface area contributed by atoms with E-state index in [-0.39, 0.29) is 34.5 Å². The molecule has 3 aromatic carbocycles. The summed E-state index contributed by atoms with van der Waals surface area (Å²) in [5, 5.41) is 21.2. The van der Waals surface area contributed by atoms with Crippen LogP contribution in [0.3, 0.4) is 0 Å². The third-order valence-corrected chi connectivity index (χ3v) is 5.54. The Morgan fingerprint density at radius 3 is 2.57 bits per heavy atom. The van der Waals surface area contributed by atoms with Crippen LogP contribution >= 0.6 is 0 Å². The zero-order valence-corrected chi connectivity index (χ0v) is 19.5. The summed E-state index contributed by atoms with van der Waals surface area (Å²) >= 11 is 0. The first kappa shape index (κ1) is 25.9. The number of ether oxygens (including phenoxy) is 1. The van der Waals surface area contributed by atoms with E-state index in [2.05, 4.69) is 10.3 Å². The predicted octanol–water partition coefficient (Wildman–Crippen LogP) is 3.60. The fourth-order valence-corrected chi connectivity index (χ4v) is 3.68. The number of hydrogen-bond acceptors (Lipinski definition) is 6. The van der Waals surface area contributed by atoms with Crippen LogP contribution in [-0.4, -0.2) is 45.0 Å². The quantitative estimate of drug-likeness (QED) is 0.348. The Hall–Kier alpha value is -4.22. The van der Waals surface area contributed by atoms with Crippen LogP contribution in [0.15, 0.2) is 71.5 Å². The summed E-state index contributed by atoms with van der Waals surface area (Å²) in [6.45, 7) is -0.616. The van der Waals surface area contributed by atoms with Crippen LogP contribution in [0.25, 0.3) is 22.3 Å². The van der Waals surface area contributed by atoms with Crippen molar-refractivity contribution in [2.75, 3.05) is 18.5 Å². The van der Waals surface area contributed by atoms with Crippen molar-refractivity contribution >= 4 is 22.5 Å². The fraction of sp³-hybridized carbons (Fsp3) is 0.192. The van der Waals surface area contributed by atoms with Gasteiger partial charge < -0.3 is 20.3 Å². The lowest BCUT2D eigenvalue weighted by atomic mass is 10.1. The number of alkyl halides is 3. The van der Waals surface area contributed by atoms with Crippen molar-refractivity contribution in [2.24, 2.45) is 7.05 Å². The maximum Gasteiger partial charge on any atom is 0.416 e. The van der Waals surface area contributed by atoms with E-state index in [1.807, 2.05) is 0 Å². The van der Waals surface area contributed by atoms with Crippen molar-refractivity contribution in [3.8, 4) is 17.1 Å². The number of hydrogen-bond donors (Lipinski definition) is 3. The van der Waals surface area contributed by atoms with Crippen LogP contribution in [0.5, 0.6) is 5.75 Å². The molecular formula is C26H22F3N3O5. The number of aromatic nitrogens is 2. The van der Waals surface area contributed by atoms with Gasteiger partial charge in [-0.3, -0.25) is 14.2 Å². The molecular weight excluding hydrogens is 491 g/mol. The number of fused-ring (bicyclic) bond motifs is 1. The van der Waals surface area contributed by atoms with E-state index >= 15 is 0 Å². The summed E-state index contributed by atoms with van der Waals surface area (Å²) in [5.74, 6) is -0.294. The maximum absolute atomic E-state index is 13.3. The first-order chi connectivity index (χ1) is 17.6. The number of para-hydroxylation sites is 1. The largest absolute Gasteiger partial charge is 0.491 e. The van der Waals surface area contributed by atoms with E-state index in [1.54, 1.807) is 18.2 Å². The highest BCUT2D eigenvalue weighted by molar-refractivity contribution is 6.12. The molecule has 0 saturated carbocycles. The molecule has 4 rings (SSSR count). The van der Waals surface area contributed by atoms with Gasteiger partial charge in [-0.2, -0.15) is 13.2 Å². The van der Waals surface area contributed by atoms with E-state index < -0.39 is 35.9 Å². The molecule has 0 saturated heterocycles. The number of amides is 1. The van der Waals surface area contributed by atoms with Crippen molar-refractivity contribution in [2.45, 2.75) is 12.3 Å². The predicted molar refractivity (Wildman–Crippen MR) is 130 cm³/mol. The minimum atomic E-state index is -4.58. The van der Waals surface area contributed by atoms with E-state index in [4.69, 9.17) is 9.84 Å². The smallest absolute Gasteiger partial charge is 0.416 e. The van der Waals surface area contributed by atoms with Crippen molar-refractivity contribution in [3.63, 3.8) is 0 Å². The molecule has 0 bridgehead atoms. The molecule has 0 fully saturated rings. The second-order valence-electron chi connectivity index (χ2n) is 8.21. The van der Waals surface area contributed by atoms with Crippen molar-refractivity contribution < 1.29 is 32.9 Å². The summed E-state index contributed by atoms with van der Waals surface area (Å²) < 4.78 is 46.3. The molecule has 3 N–H and O–H groups in total. The highest BCUT2D eigenvalue weighted by Gasteiger charge is 2.31. The summed E-state index contributed by atoms with van der Waals surface area (Å²) in [5.41, 5.74) is -0.912. The molecule has 4 aromatic rings. The zero-order valence-electron chi connectivity index (χ0n) is 19.5. The highest BCUT2D eigenvalue weighted by atomic mass is 19.4. The molecule has 1 amide bonds. The lowest BCUT2D eigenvalue weighted by Crippen LogP contribution is -2.22. The summed E-state index contributed by atoms with van der Waals surface area (Å²) in [6.07, 6.45) is -5.64. The van der Waals surface area contributed by atoms with E-state index in [0.29, 0.717) is 11.4 Å². The molecule has 0 aliphatic carbocycles. The second kappa shape index (κ2) is 10.4. The molecule has 0 aliphatic heterocycles. The van der Waals surface area contributed by atoms with Gasteiger partial charge in [-0.05, 0) is 36.4 Å². The molecule has 1 atom stereocenters. The van der Waals surface area contributed by atoms with Gasteiger partial charge in [-0.15, -0.1) is 0 Å². The molecule has 0 aliphatic rings. The topological polar surface area (TPSA) is 114 Å². The van der Waals surface area contributed by atoms with E-state index in [9.17, 15) is 27.9 Å². The summed E-state index contributed by atoms with van der Waals surface area (Å²) in [6, 6.07) is 15.2. The van der Waals surface area contributed by atoms with Gasteiger partial charge >= 0.3 is 6.18 Å². The number of carbonyl (C=O) groups excluding carboxylic acids is 1. The van der Waals surface area contributed by atoms with Crippen molar-refractivity contribution in [1.29, 1.82) is 0 Å². The second-order valence-corrected chi connectivity index (χ2v) is 8.21. The third-order valence-electron chi connectivity index (χ3n) is 5.54. The minimum absolute atomic E-state index is 0.0262. The number of aliphatic hydroxyl groups excluding tert-OH is 2. The summed E-state index contributed by atoms with van der Waals surface area (Å²) in [7, 11) is 1.40. The standard InChI is InChI=1S/C26H22F3N3O5/c1-32-23(15-5-2-6-16(11-15)26(27,28)29)31-22-20(9-4-10-21(22)25(32)36)24(35)30-17-7-3-8-19(12-17)37-14-18(34)13-33/h2-12,18,33-34H,13-14H2,1H3,(H,30,35)/t18-/m1/s1. The van der Waals surface area contributed by atoms with Gasteiger partial charge in [0.15, 0.2) is 0 Å². The number of carbonyl (C=O) groups is 1. The molecule has 11 heteroatoms. The Bertz CT molecular complexity index is 1520. The average Bonchev–Trinajstić information content (AvgIpc) is 2.88. The number of aliphatic hydroxyl groups is 2. The molecule has 1 heterocycles. The Kier molecular flexibility index (Phi) is 7.28. The van der Waals surface area contributed by atoms with Crippen LogP contribution in [0.4, 0.5) is 18.9 Å². The van der Waals surface area contributed by atoms with E-state index in [0.717, 1.165) is 16.7 Å². The Morgan fingerprint density at radius 1 is 1.11 bits per heavy atom. The molecule has 1 aromatic heterocycles. The molecule has 0 unspecified atom stereocenters. The lowest BCUT2D eigenvalue weighted by molar-refractivity contribution is -0.137. The third kappa shape index (κ3) is 5.63. The fourth-order valence-electron chi connectivity index (χ4n) is 3.68. The first-order valence-electron chi connectivity index (χ1n) is 11.1. The van der Waals surface area contributed by atoms with Crippen molar-refractivity contribution in [1.82, 2.24) is 9.55 Å². The van der Waals surface area contributed by atoms with E-state index in [1.165, 1.54) is 43.4 Å². The number of rotatable bonds is 7. The lowest BCUT2D eigenvalue weighted by Gasteiger charge is -2.14. The van der Waals surface area contributed by atoms with Crippen LogP contribution in [0.2, 0.25) is 0 Å². The van der Waals surface area contributed by atoms with Gasteiger partial charge in [0.05, 0.1) is 28.6 Å². The maximum atomic E-state index is 13.3. The molecule has 0 spiro atoms. The van der Waals surface area contributed by atoms with Gasteiger partial charge in [0.1, 0.15) is 24.3 Å². The number of benzene rings is 3. The normalized spacial score (nSPS) is 12.4. The Labute approximate surface area is 208 Å². The number of anilines is 1. The average molecular weight is 513 g/mol. The number of halogens is 3. The van der Waals surface area contributed by atoms with Crippen LogP contribution < -0.4 is 15.6 Å². The van der Waals surface area contributed by atoms with Crippen LogP contribution in [-0.2, 0) is 13.2 Å². The van der Waals surface area contributed by atoms with Gasteiger partial charge in [0.25, 0.3) is 11.5 Å². The van der Waals surface area contributed by atoms with Gasteiger partial charge in [0.2, 0.25) is 0 Å². The van der Waals surface area contributed by atoms with Gasteiger partial charge in [0, 0.05) is 24.4 Å². The number of nitrogens with zero attached hydrogens (tertiary/aromatic N) is 2.